The van der Waals surface area contributed by atoms with Crippen LogP contribution in [0.2, 0.25) is 0 Å². The number of ether oxygens (including phenoxy) is 1. The van der Waals surface area contributed by atoms with Gasteiger partial charge < -0.3 is 14.5 Å². The van der Waals surface area contributed by atoms with Crippen molar-refractivity contribution in [3.05, 3.63) is 23.8 Å². The first-order valence-electron chi connectivity index (χ1n) is 7.30. The highest BCUT2D eigenvalue weighted by Gasteiger charge is 2.35. The standard InChI is InChI=1S/C15H18N2O5S/c1-16(10-6-7-23(20,21)9-10)15(19)11-4-3-5-12-14(11)22-8-13(18)17(12)2/h3-5,10H,6-9H2,1-2H3. The number of fused-ring (bicyclic) bond motifs is 1. The monoisotopic (exact) mass is 338 g/mol. The van der Waals surface area contributed by atoms with Crippen LogP contribution in [-0.4, -0.2) is 63.4 Å². The third kappa shape index (κ3) is 2.78. The third-order valence-corrected chi connectivity index (χ3v) is 6.13. The van der Waals surface area contributed by atoms with Gasteiger partial charge in [0.15, 0.2) is 22.2 Å². The number of hydrogen-bond acceptors (Lipinski definition) is 5. The number of sulfone groups is 1. The number of anilines is 1. The molecule has 23 heavy (non-hydrogen) atoms. The van der Waals surface area contributed by atoms with Gasteiger partial charge in [-0.3, -0.25) is 9.59 Å². The predicted molar refractivity (Wildman–Crippen MR) is 84.5 cm³/mol. The minimum absolute atomic E-state index is 0.0104. The molecule has 2 heterocycles. The van der Waals surface area contributed by atoms with Crippen molar-refractivity contribution in [1.29, 1.82) is 0 Å². The zero-order valence-corrected chi connectivity index (χ0v) is 13.8. The summed E-state index contributed by atoms with van der Waals surface area (Å²) in [5.41, 5.74) is 0.883. The summed E-state index contributed by atoms with van der Waals surface area (Å²) in [6.07, 6.45) is 0.443. The van der Waals surface area contributed by atoms with E-state index in [-0.39, 0.29) is 36.0 Å². The molecule has 0 N–H and O–H groups in total. The highest BCUT2D eigenvalue weighted by molar-refractivity contribution is 7.91. The predicted octanol–water partition coefficient (Wildman–Crippen LogP) is 0.301. The van der Waals surface area contributed by atoms with Crippen molar-refractivity contribution in [2.45, 2.75) is 12.5 Å². The van der Waals surface area contributed by atoms with Crippen molar-refractivity contribution in [3.63, 3.8) is 0 Å². The molecule has 0 saturated carbocycles. The molecular weight excluding hydrogens is 320 g/mol. The Morgan fingerprint density at radius 1 is 1.39 bits per heavy atom. The fourth-order valence-electron chi connectivity index (χ4n) is 2.91. The van der Waals surface area contributed by atoms with Crippen LogP contribution in [0.15, 0.2) is 18.2 Å². The Kier molecular flexibility index (Phi) is 3.79. The number of rotatable bonds is 2. The van der Waals surface area contributed by atoms with E-state index in [9.17, 15) is 18.0 Å². The molecule has 1 unspecified atom stereocenters. The molecule has 0 aliphatic carbocycles. The Morgan fingerprint density at radius 2 is 2.13 bits per heavy atom. The molecule has 1 aromatic carbocycles. The molecule has 1 aromatic rings. The first kappa shape index (κ1) is 15.8. The summed E-state index contributed by atoms with van der Waals surface area (Å²) in [5, 5.41) is 0. The zero-order valence-electron chi connectivity index (χ0n) is 13.0. The van der Waals surface area contributed by atoms with E-state index < -0.39 is 9.84 Å². The molecule has 8 heteroatoms. The van der Waals surface area contributed by atoms with Crippen LogP contribution in [0, 0.1) is 0 Å². The van der Waals surface area contributed by atoms with E-state index in [1.165, 1.54) is 9.80 Å². The van der Waals surface area contributed by atoms with Gasteiger partial charge in [0.05, 0.1) is 22.8 Å². The molecule has 3 rings (SSSR count). The first-order valence-corrected chi connectivity index (χ1v) is 9.12. The van der Waals surface area contributed by atoms with Crippen LogP contribution in [0.4, 0.5) is 5.69 Å². The lowest BCUT2D eigenvalue weighted by Gasteiger charge is -2.29. The van der Waals surface area contributed by atoms with E-state index in [4.69, 9.17) is 4.74 Å². The van der Waals surface area contributed by atoms with E-state index in [2.05, 4.69) is 0 Å². The van der Waals surface area contributed by atoms with Crippen LogP contribution >= 0.6 is 0 Å². The Balaban J connectivity index is 1.90. The lowest BCUT2D eigenvalue weighted by atomic mass is 10.1. The highest BCUT2D eigenvalue weighted by Crippen LogP contribution is 2.35. The van der Waals surface area contributed by atoms with Gasteiger partial charge in [-0.1, -0.05) is 6.07 Å². The van der Waals surface area contributed by atoms with E-state index in [1.54, 1.807) is 32.3 Å². The molecule has 7 nitrogen and oxygen atoms in total. The first-order chi connectivity index (χ1) is 10.8. The summed E-state index contributed by atoms with van der Waals surface area (Å²) in [6, 6.07) is 4.70. The maximum atomic E-state index is 12.8. The number of amides is 2. The van der Waals surface area contributed by atoms with Crippen LogP contribution in [0.1, 0.15) is 16.8 Å². The molecule has 2 aliphatic rings. The maximum absolute atomic E-state index is 12.8. The third-order valence-electron chi connectivity index (χ3n) is 4.38. The molecule has 0 bridgehead atoms. The fourth-order valence-corrected chi connectivity index (χ4v) is 4.69. The lowest BCUT2D eigenvalue weighted by Crippen LogP contribution is -2.40. The van der Waals surface area contributed by atoms with E-state index >= 15 is 0 Å². The summed E-state index contributed by atoms with van der Waals surface area (Å²) >= 11 is 0. The fraction of sp³-hybridized carbons (Fsp3) is 0.467. The Morgan fingerprint density at radius 3 is 2.78 bits per heavy atom. The van der Waals surface area contributed by atoms with E-state index in [1.807, 2.05) is 0 Å². The van der Waals surface area contributed by atoms with Crippen molar-refractivity contribution in [2.24, 2.45) is 0 Å². The van der Waals surface area contributed by atoms with Crippen LogP contribution in [-0.2, 0) is 14.6 Å². The van der Waals surface area contributed by atoms with Gasteiger partial charge in [-0.05, 0) is 18.6 Å². The average molecular weight is 338 g/mol. The number of carbonyl (C=O) groups is 2. The molecular formula is C15H18N2O5S. The van der Waals surface area contributed by atoms with Crippen molar-refractivity contribution >= 4 is 27.3 Å². The minimum Gasteiger partial charge on any atom is -0.481 e. The number of carbonyl (C=O) groups excluding carboxylic acids is 2. The Labute approximate surface area is 134 Å². The maximum Gasteiger partial charge on any atom is 0.264 e. The molecule has 2 aliphatic heterocycles. The van der Waals surface area contributed by atoms with Crippen molar-refractivity contribution in [3.8, 4) is 5.75 Å². The van der Waals surface area contributed by atoms with Gasteiger partial charge in [-0.25, -0.2) is 8.42 Å². The van der Waals surface area contributed by atoms with Gasteiger partial charge in [0.1, 0.15) is 0 Å². The molecule has 0 aromatic heterocycles. The lowest BCUT2D eigenvalue weighted by molar-refractivity contribution is -0.121. The van der Waals surface area contributed by atoms with Gasteiger partial charge in [0.2, 0.25) is 0 Å². The SMILES string of the molecule is CN1C(=O)COc2c(C(=O)N(C)C3CCS(=O)(=O)C3)cccc21. The van der Waals surface area contributed by atoms with Crippen LogP contribution < -0.4 is 9.64 Å². The second-order valence-corrected chi connectivity index (χ2v) is 8.10. The number of likely N-dealkylation sites (N-methyl/N-ethyl adjacent to an activating group) is 1. The number of para-hydroxylation sites is 1. The number of hydrogen-bond donors (Lipinski definition) is 0. The molecule has 1 fully saturated rings. The molecule has 1 atom stereocenters. The highest BCUT2D eigenvalue weighted by atomic mass is 32.2. The van der Waals surface area contributed by atoms with Gasteiger partial charge in [0, 0.05) is 20.1 Å². The largest absolute Gasteiger partial charge is 0.481 e. The molecule has 0 radical (unpaired) electrons. The number of nitrogens with zero attached hydrogens (tertiary/aromatic N) is 2. The van der Waals surface area contributed by atoms with Crippen LogP contribution in [0.5, 0.6) is 5.75 Å². The topological polar surface area (TPSA) is 84.0 Å². The summed E-state index contributed by atoms with van der Waals surface area (Å²) in [7, 11) is 0.165. The van der Waals surface area contributed by atoms with Gasteiger partial charge in [0.25, 0.3) is 11.8 Å². The average Bonchev–Trinajstić information content (AvgIpc) is 2.89. The smallest absolute Gasteiger partial charge is 0.264 e. The quantitative estimate of drug-likeness (QED) is 0.774. The summed E-state index contributed by atoms with van der Waals surface area (Å²) in [6.45, 7) is -0.116. The molecule has 2 amide bonds. The van der Waals surface area contributed by atoms with Crippen LogP contribution in [0.25, 0.3) is 0 Å². The summed E-state index contributed by atoms with van der Waals surface area (Å²) in [4.78, 5) is 27.4. The second-order valence-electron chi connectivity index (χ2n) is 5.87. The van der Waals surface area contributed by atoms with E-state index in [0.717, 1.165) is 0 Å². The van der Waals surface area contributed by atoms with Crippen LogP contribution in [0.3, 0.4) is 0 Å². The summed E-state index contributed by atoms with van der Waals surface area (Å²) < 4.78 is 28.7. The number of benzene rings is 1. The van der Waals surface area contributed by atoms with Gasteiger partial charge in [-0.15, -0.1) is 0 Å². The van der Waals surface area contributed by atoms with Crippen molar-refractivity contribution in [1.82, 2.24) is 4.90 Å². The van der Waals surface area contributed by atoms with Crippen molar-refractivity contribution < 1.29 is 22.7 Å². The normalized spacial score (nSPS) is 22.4. The molecule has 1 saturated heterocycles. The Bertz CT molecular complexity index is 774. The minimum atomic E-state index is -3.07. The Hall–Kier alpha value is -2.09. The molecule has 124 valence electrons. The van der Waals surface area contributed by atoms with E-state index in [0.29, 0.717) is 23.4 Å². The van der Waals surface area contributed by atoms with Crippen molar-refractivity contribution in [2.75, 3.05) is 37.1 Å². The molecule has 0 spiro atoms. The summed E-state index contributed by atoms with van der Waals surface area (Å²) in [5.74, 6) is -0.0178. The van der Waals surface area contributed by atoms with Gasteiger partial charge in [-0.2, -0.15) is 0 Å². The van der Waals surface area contributed by atoms with Gasteiger partial charge >= 0.3 is 0 Å². The zero-order chi connectivity index (χ0) is 16.8. The second kappa shape index (κ2) is 5.52.